The van der Waals surface area contributed by atoms with E-state index in [4.69, 9.17) is 19.8 Å². The van der Waals surface area contributed by atoms with E-state index in [1.54, 1.807) is 6.07 Å². The molecule has 1 aliphatic rings. The van der Waals surface area contributed by atoms with Crippen LogP contribution in [0.1, 0.15) is 0 Å². The summed E-state index contributed by atoms with van der Waals surface area (Å²) in [7, 11) is 0. The maximum absolute atomic E-state index is 11.6. The Morgan fingerprint density at radius 3 is 2.79 bits per heavy atom. The topological polar surface area (TPSA) is 99.9 Å². The van der Waals surface area contributed by atoms with Gasteiger partial charge < -0.3 is 14.6 Å². The molecular weight excluding hydrogens is 250 g/mol. The van der Waals surface area contributed by atoms with Gasteiger partial charge in [0.15, 0.2) is 0 Å². The molecule has 1 saturated heterocycles. The van der Waals surface area contributed by atoms with Crippen molar-refractivity contribution >= 4 is 11.9 Å². The first-order chi connectivity index (χ1) is 9.04. The summed E-state index contributed by atoms with van der Waals surface area (Å²) in [6.45, 7) is 4.28. The minimum Gasteiger partial charge on any atom is -0.478 e. The number of allylic oxidation sites excluding steroid dienone is 3. The number of ether oxygens (including phenoxy) is 2. The third-order valence-electron chi connectivity index (χ3n) is 2.29. The molecule has 0 aromatic rings. The molecule has 0 aliphatic carbocycles. The quantitative estimate of drug-likeness (QED) is 0.316. The highest BCUT2D eigenvalue weighted by Gasteiger charge is 2.25. The van der Waals surface area contributed by atoms with Crippen molar-refractivity contribution < 1.29 is 24.2 Å². The molecule has 0 amide bonds. The van der Waals surface area contributed by atoms with Crippen molar-refractivity contribution in [2.24, 2.45) is 5.92 Å². The summed E-state index contributed by atoms with van der Waals surface area (Å²) in [5, 5.41) is 17.0. The number of nitriles is 1. The number of epoxide rings is 1. The normalized spacial score (nSPS) is 19.0. The first-order valence-electron chi connectivity index (χ1n) is 5.49. The Morgan fingerprint density at radius 2 is 2.26 bits per heavy atom. The molecule has 0 spiro atoms. The van der Waals surface area contributed by atoms with Crippen molar-refractivity contribution in [3.8, 4) is 6.07 Å². The van der Waals surface area contributed by atoms with Gasteiger partial charge >= 0.3 is 11.9 Å². The second-order valence-electron chi connectivity index (χ2n) is 3.79. The van der Waals surface area contributed by atoms with Crippen molar-refractivity contribution in [2.75, 3.05) is 13.2 Å². The molecule has 0 saturated carbocycles. The van der Waals surface area contributed by atoms with Crippen molar-refractivity contribution in [1.29, 1.82) is 5.26 Å². The van der Waals surface area contributed by atoms with Gasteiger partial charge in [0, 0.05) is 23.6 Å². The minimum absolute atomic E-state index is 0.0561. The van der Waals surface area contributed by atoms with Crippen LogP contribution in [0.5, 0.6) is 0 Å². The molecule has 1 N–H and O–H groups in total. The molecular formula is C13H13NO5. The average Bonchev–Trinajstić information content (AvgIpc) is 3.19. The van der Waals surface area contributed by atoms with Gasteiger partial charge in [-0.1, -0.05) is 18.7 Å². The maximum Gasteiger partial charge on any atom is 0.334 e. The molecule has 0 aromatic heterocycles. The standard InChI is InChI=1S/C13H13NO5/c1-9(13(17)19-8-11-7-18-11)10(3-2-6-14)4-5-12(15)16/h2-5,10-11H,1,7-8H2,(H,15,16). The molecule has 19 heavy (non-hydrogen) atoms. The van der Waals surface area contributed by atoms with Crippen LogP contribution in [0.15, 0.2) is 36.5 Å². The fraction of sp³-hybridized carbons (Fsp3) is 0.308. The molecule has 1 fully saturated rings. The highest BCUT2D eigenvalue weighted by molar-refractivity contribution is 5.89. The Balaban J connectivity index is 2.63. The number of nitrogens with zero attached hydrogens (tertiary/aromatic N) is 1. The monoisotopic (exact) mass is 263 g/mol. The SMILES string of the molecule is C=C(C(=O)OCC1CO1)C(C=CC#N)C=CC(=O)O. The molecule has 0 radical (unpaired) electrons. The second-order valence-corrected chi connectivity index (χ2v) is 3.79. The summed E-state index contributed by atoms with van der Waals surface area (Å²) in [6.07, 6.45) is 4.61. The van der Waals surface area contributed by atoms with E-state index in [-0.39, 0.29) is 18.3 Å². The van der Waals surface area contributed by atoms with Gasteiger partial charge in [-0.3, -0.25) is 0 Å². The van der Waals surface area contributed by atoms with Crippen LogP contribution in [0.3, 0.4) is 0 Å². The van der Waals surface area contributed by atoms with Gasteiger partial charge in [-0.15, -0.1) is 0 Å². The van der Waals surface area contributed by atoms with Gasteiger partial charge in [-0.2, -0.15) is 5.26 Å². The highest BCUT2D eigenvalue weighted by atomic mass is 16.6. The number of rotatable bonds is 7. The lowest BCUT2D eigenvalue weighted by Crippen LogP contribution is -2.15. The number of esters is 1. The van der Waals surface area contributed by atoms with E-state index in [0.29, 0.717) is 6.61 Å². The first kappa shape index (κ1) is 14.7. The average molecular weight is 263 g/mol. The van der Waals surface area contributed by atoms with E-state index in [1.807, 2.05) is 0 Å². The van der Waals surface area contributed by atoms with Crippen molar-refractivity contribution in [1.82, 2.24) is 0 Å². The van der Waals surface area contributed by atoms with Crippen LogP contribution < -0.4 is 0 Å². The number of carboxylic acid groups (broad SMARTS) is 1. The Kier molecular flexibility index (Phi) is 5.51. The number of carbonyl (C=O) groups is 2. The van der Waals surface area contributed by atoms with Gasteiger partial charge in [0.25, 0.3) is 0 Å². The number of carboxylic acids is 1. The van der Waals surface area contributed by atoms with E-state index in [9.17, 15) is 9.59 Å². The van der Waals surface area contributed by atoms with Crippen molar-refractivity contribution in [2.45, 2.75) is 6.10 Å². The Morgan fingerprint density at radius 1 is 1.58 bits per heavy atom. The van der Waals surface area contributed by atoms with Gasteiger partial charge in [0.2, 0.25) is 0 Å². The Bertz CT molecular complexity index is 468. The highest BCUT2D eigenvalue weighted by Crippen LogP contribution is 2.16. The lowest BCUT2D eigenvalue weighted by molar-refractivity contribution is -0.140. The summed E-state index contributed by atoms with van der Waals surface area (Å²) in [5.41, 5.74) is 0.0599. The minimum atomic E-state index is -1.15. The number of hydrogen-bond acceptors (Lipinski definition) is 5. The zero-order chi connectivity index (χ0) is 14.3. The zero-order valence-corrected chi connectivity index (χ0v) is 10.1. The van der Waals surface area contributed by atoms with E-state index in [0.717, 1.165) is 12.2 Å². The summed E-state index contributed by atoms with van der Waals surface area (Å²) in [4.78, 5) is 22.1. The summed E-state index contributed by atoms with van der Waals surface area (Å²) < 4.78 is 9.82. The first-order valence-corrected chi connectivity index (χ1v) is 5.49. The van der Waals surface area contributed by atoms with Crippen LogP contribution in [0.4, 0.5) is 0 Å². The fourth-order valence-corrected chi connectivity index (χ4v) is 1.19. The van der Waals surface area contributed by atoms with Crippen molar-refractivity contribution in [3.05, 3.63) is 36.5 Å². The Labute approximate surface area is 110 Å². The molecule has 0 aromatic carbocycles. The lowest BCUT2D eigenvalue weighted by atomic mass is 9.99. The molecule has 6 heteroatoms. The molecule has 6 nitrogen and oxygen atoms in total. The van der Waals surface area contributed by atoms with Crippen LogP contribution >= 0.6 is 0 Å². The van der Waals surface area contributed by atoms with Gasteiger partial charge in [-0.05, 0) is 0 Å². The maximum atomic E-state index is 11.6. The van der Waals surface area contributed by atoms with E-state index < -0.39 is 17.9 Å². The predicted octanol–water partition coefficient (Wildman–Crippen LogP) is 0.821. The molecule has 100 valence electrons. The van der Waals surface area contributed by atoms with Crippen LogP contribution in [0.25, 0.3) is 0 Å². The molecule has 1 heterocycles. The van der Waals surface area contributed by atoms with E-state index >= 15 is 0 Å². The lowest BCUT2D eigenvalue weighted by Gasteiger charge is -2.10. The third kappa shape index (κ3) is 5.66. The van der Waals surface area contributed by atoms with Crippen molar-refractivity contribution in [3.63, 3.8) is 0 Å². The van der Waals surface area contributed by atoms with Crippen LogP contribution in [0, 0.1) is 17.2 Å². The predicted molar refractivity (Wildman–Crippen MR) is 64.9 cm³/mol. The zero-order valence-electron chi connectivity index (χ0n) is 10.1. The van der Waals surface area contributed by atoms with Gasteiger partial charge in [0.05, 0.1) is 12.7 Å². The molecule has 0 bridgehead atoms. The number of hydrogen-bond donors (Lipinski definition) is 1. The Hall–Kier alpha value is -2.39. The molecule has 2 unspecified atom stereocenters. The largest absolute Gasteiger partial charge is 0.478 e. The molecule has 1 aliphatic heterocycles. The van der Waals surface area contributed by atoms with E-state index in [1.165, 1.54) is 12.2 Å². The summed E-state index contributed by atoms with van der Waals surface area (Å²) in [5.74, 6) is -2.48. The second kappa shape index (κ2) is 7.13. The van der Waals surface area contributed by atoms with E-state index in [2.05, 4.69) is 6.58 Å². The molecule has 1 rings (SSSR count). The smallest absolute Gasteiger partial charge is 0.334 e. The number of aliphatic carboxylic acids is 1. The van der Waals surface area contributed by atoms with Gasteiger partial charge in [0.1, 0.15) is 12.7 Å². The van der Waals surface area contributed by atoms with Crippen LogP contribution in [-0.2, 0) is 19.1 Å². The van der Waals surface area contributed by atoms with Gasteiger partial charge in [-0.25, -0.2) is 9.59 Å². The third-order valence-corrected chi connectivity index (χ3v) is 2.29. The number of carbonyl (C=O) groups excluding carboxylic acids is 1. The molecule has 2 atom stereocenters. The van der Waals surface area contributed by atoms with Crippen LogP contribution in [-0.4, -0.2) is 36.4 Å². The summed E-state index contributed by atoms with van der Waals surface area (Å²) in [6, 6.07) is 1.76. The fourth-order valence-electron chi connectivity index (χ4n) is 1.19. The van der Waals surface area contributed by atoms with Crippen LogP contribution in [0.2, 0.25) is 0 Å². The summed E-state index contributed by atoms with van der Waals surface area (Å²) >= 11 is 0.